The molecule has 21 heavy (non-hydrogen) atoms. The fourth-order valence-electron chi connectivity index (χ4n) is 2.28. The number of carbonyl (C=O) groups excluding carboxylic acids is 1. The van der Waals surface area contributed by atoms with Crippen molar-refractivity contribution in [2.45, 2.75) is 13.8 Å². The molecule has 0 aliphatic rings. The largest absolute Gasteiger partial charge is 0.296 e. The van der Waals surface area contributed by atoms with Gasteiger partial charge in [-0.1, -0.05) is 41.6 Å². The molecule has 3 rings (SSSR count). The summed E-state index contributed by atoms with van der Waals surface area (Å²) in [6, 6.07) is 15.8. The van der Waals surface area contributed by atoms with Crippen molar-refractivity contribution in [3.63, 3.8) is 0 Å². The van der Waals surface area contributed by atoms with Gasteiger partial charge in [0.1, 0.15) is 5.69 Å². The summed E-state index contributed by atoms with van der Waals surface area (Å²) in [4.78, 5) is 11.3. The highest BCUT2D eigenvalue weighted by Crippen LogP contribution is 2.25. The summed E-state index contributed by atoms with van der Waals surface area (Å²) in [7, 11) is 0. The van der Waals surface area contributed by atoms with E-state index in [-0.39, 0.29) is 0 Å². The molecule has 0 N–H and O–H groups in total. The van der Waals surface area contributed by atoms with Crippen molar-refractivity contribution in [3.8, 4) is 16.9 Å². The van der Waals surface area contributed by atoms with Crippen LogP contribution in [0.25, 0.3) is 16.9 Å². The van der Waals surface area contributed by atoms with Gasteiger partial charge in [-0.05, 0) is 37.1 Å². The van der Waals surface area contributed by atoms with E-state index in [2.05, 4.69) is 24.2 Å². The Morgan fingerprint density at radius 1 is 1.00 bits per heavy atom. The molecule has 0 bridgehead atoms. The molecule has 1 aromatic heterocycles. The molecule has 2 aromatic carbocycles. The van der Waals surface area contributed by atoms with Gasteiger partial charge in [0.2, 0.25) is 0 Å². The minimum atomic E-state index is 0.347. The average Bonchev–Trinajstić information content (AvgIpc) is 2.95. The Kier molecular flexibility index (Phi) is 3.36. The Morgan fingerprint density at radius 3 is 2.43 bits per heavy atom. The lowest BCUT2D eigenvalue weighted by Gasteiger charge is -2.09. The second kappa shape index (κ2) is 5.32. The molecule has 0 saturated carbocycles. The quantitative estimate of drug-likeness (QED) is 0.690. The van der Waals surface area contributed by atoms with Gasteiger partial charge in [-0.3, -0.25) is 4.79 Å². The van der Waals surface area contributed by atoms with Crippen LogP contribution in [0.1, 0.15) is 21.6 Å². The Morgan fingerprint density at radius 2 is 1.76 bits per heavy atom. The molecule has 0 fully saturated rings. The van der Waals surface area contributed by atoms with E-state index in [0.717, 1.165) is 17.5 Å². The molecule has 0 amide bonds. The molecule has 4 nitrogen and oxygen atoms in total. The number of hydrogen-bond acceptors (Lipinski definition) is 3. The topological polar surface area (TPSA) is 47.8 Å². The lowest BCUT2D eigenvalue weighted by atomic mass is 10.1. The second-order valence-electron chi connectivity index (χ2n) is 4.99. The van der Waals surface area contributed by atoms with E-state index in [9.17, 15) is 4.79 Å². The number of rotatable bonds is 3. The molecule has 0 aliphatic heterocycles. The van der Waals surface area contributed by atoms with Gasteiger partial charge in [0.05, 0.1) is 5.69 Å². The number of nitrogens with zero attached hydrogens (tertiary/aromatic N) is 3. The van der Waals surface area contributed by atoms with Gasteiger partial charge < -0.3 is 0 Å². The molecule has 4 heteroatoms. The molecule has 0 saturated heterocycles. The summed E-state index contributed by atoms with van der Waals surface area (Å²) in [5, 5.41) is 8.12. The van der Waals surface area contributed by atoms with E-state index >= 15 is 0 Å². The number of hydrogen-bond donors (Lipinski definition) is 0. The third-order valence-corrected chi connectivity index (χ3v) is 3.59. The van der Waals surface area contributed by atoms with Crippen molar-refractivity contribution in [2.75, 3.05) is 0 Å². The zero-order chi connectivity index (χ0) is 14.8. The van der Waals surface area contributed by atoms with Crippen molar-refractivity contribution >= 4 is 6.29 Å². The normalized spacial score (nSPS) is 10.6. The van der Waals surface area contributed by atoms with Crippen molar-refractivity contribution in [2.24, 2.45) is 0 Å². The molecule has 0 radical (unpaired) electrons. The number of carbonyl (C=O) groups is 1. The maximum atomic E-state index is 11.3. The first-order valence-electron chi connectivity index (χ1n) is 6.74. The number of aldehydes is 1. The zero-order valence-corrected chi connectivity index (χ0v) is 11.9. The van der Waals surface area contributed by atoms with Crippen LogP contribution in [0.3, 0.4) is 0 Å². The second-order valence-corrected chi connectivity index (χ2v) is 4.99. The Labute approximate surface area is 123 Å². The Bertz CT molecular complexity index is 791. The van der Waals surface area contributed by atoms with E-state index < -0.39 is 0 Å². The van der Waals surface area contributed by atoms with Crippen LogP contribution in [-0.4, -0.2) is 21.3 Å². The number of aryl methyl sites for hydroxylation is 2. The van der Waals surface area contributed by atoms with Gasteiger partial charge >= 0.3 is 0 Å². The summed E-state index contributed by atoms with van der Waals surface area (Å²) in [6.45, 7) is 4.12. The van der Waals surface area contributed by atoms with Crippen LogP contribution >= 0.6 is 0 Å². The molecular formula is C17H15N3O. The van der Waals surface area contributed by atoms with Crippen LogP contribution in [0.2, 0.25) is 0 Å². The van der Waals surface area contributed by atoms with E-state index in [0.29, 0.717) is 11.4 Å². The van der Waals surface area contributed by atoms with Gasteiger partial charge in [-0.2, -0.15) is 0 Å². The smallest absolute Gasteiger partial charge is 0.172 e. The van der Waals surface area contributed by atoms with Crippen LogP contribution in [0, 0.1) is 13.8 Å². The van der Waals surface area contributed by atoms with Crippen molar-refractivity contribution in [1.29, 1.82) is 0 Å². The fraction of sp³-hybridized carbons (Fsp3) is 0.118. The third-order valence-electron chi connectivity index (χ3n) is 3.59. The minimum absolute atomic E-state index is 0.347. The summed E-state index contributed by atoms with van der Waals surface area (Å²) < 4.78 is 1.71. The Hall–Kier alpha value is -2.75. The van der Waals surface area contributed by atoms with Crippen LogP contribution < -0.4 is 0 Å². The first kappa shape index (κ1) is 13.2. The van der Waals surface area contributed by atoms with Crippen LogP contribution in [0.15, 0.2) is 48.5 Å². The van der Waals surface area contributed by atoms with E-state index in [1.165, 1.54) is 11.1 Å². The van der Waals surface area contributed by atoms with Gasteiger partial charge in [-0.25, -0.2) is 4.68 Å². The van der Waals surface area contributed by atoms with Gasteiger partial charge in [0.15, 0.2) is 12.0 Å². The van der Waals surface area contributed by atoms with E-state index in [4.69, 9.17) is 0 Å². The minimum Gasteiger partial charge on any atom is -0.296 e. The highest BCUT2D eigenvalue weighted by molar-refractivity contribution is 5.83. The van der Waals surface area contributed by atoms with E-state index in [1.807, 2.05) is 48.5 Å². The van der Waals surface area contributed by atoms with Gasteiger partial charge in [0, 0.05) is 5.56 Å². The highest BCUT2D eigenvalue weighted by Gasteiger charge is 2.15. The Balaban J connectivity index is 2.22. The van der Waals surface area contributed by atoms with Crippen molar-refractivity contribution in [3.05, 3.63) is 65.4 Å². The number of benzene rings is 2. The highest BCUT2D eigenvalue weighted by atomic mass is 16.1. The summed E-state index contributed by atoms with van der Waals surface area (Å²) in [5.41, 5.74) is 5.28. The predicted molar refractivity (Wildman–Crippen MR) is 81.7 cm³/mol. The standard InChI is InChI=1S/C17H15N3O/c1-12-8-9-15(10-13(12)2)20-17(16(11-21)18-19-20)14-6-4-3-5-7-14/h3-11H,1-2H3. The van der Waals surface area contributed by atoms with Crippen molar-refractivity contribution < 1.29 is 4.79 Å². The lowest BCUT2D eigenvalue weighted by Crippen LogP contribution is -2.01. The fourth-order valence-corrected chi connectivity index (χ4v) is 2.28. The van der Waals surface area contributed by atoms with Gasteiger partial charge in [-0.15, -0.1) is 5.10 Å². The maximum absolute atomic E-state index is 11.3. The molecule has 0 spiro atoms. The first-order chi connectivity index (χ1) is 10.2. The van der Waals surface area contributed by atoms with Crippen LogP contribution in [-0.2, 0) is 0 Å². The molecule has 1 heterocycles. The summed E-state index contributed by atoms with van der Waals surface area (Å²) in [6.07, 6.45) is 0.743. The van der Waals surface area contributed by atoms with Crippen LogP contribution in [0.4, 0.5) is 0 Å². The first-order valence-corrected chi connectivity index (χ1v) is 6.74. The molecule has 0 unspecified atom stereocenters. The molecular weight excluding hydrogens is 262 g/mol. The van der Waals surface area contributed by atoms with Crippen LogP contribution in [0.5, 0.6) is 0 Å². The summed E-state index contributed by atoms with van der Waals surface area (Å²) >= 11 is 0. The third kappa shape index (κ3) is 2.36. The summed E-state index contributed by atoms with van der Waals surface area (Å²) in [5.74, 6) is 0. The SMILES string of the molecule is Cc1ccc(-n2nnc(C=O)c2-c2ccccc2)cc1C. The lowest BCUT2D eigenvalue weighted by molar-refractivity contribution is 0.111. The monoisotopic (exact) mass is 277 g/mol. The molecule has 3 aromatic rings. The van der Waals surface area contributed by atoms with E-state index in [1.54, 1.807) is 4.68 Å². The molecule has 104 valence electrons. The maximum Gasteiger partial charge on any atom is 0.172 e. The number of aromatic nitrogens is 3. The predicted octanol–water partition coefficient (Wildman–Crippen LogP) is 3.36. The molecule has 0 atom stereocenters. The average molecular weight is 277 g/mol. The van der Waals surface area contributed by atoms with Crippen molar-refractivity contribution in [1.82, 2.24) is 15.0 Å². The molecule has 0 aliphatic carbocycles. The zero-order valence-electron chi connectivity index (χ0n) is 11.9. The van der Waals surface area contributed by atoms with Gasteiger partial charge in [0.25, 0.3) is 0 Å².